The van der Waals surface area contributed by atoms with Crippen LogP contribution in [0.4, 0.5) is 15.9 Å². The number of carbonyl (C=O) groups excluding carboxylic acids is 1. The van der Waals surface area contributed by atoms with E-state index in [1.807, 2.05) is 7.05 Å². The average Bonchev–Trinajstić information content (AvgIpc) is 2.74. The van der Waals surface area contributed by atoms with Gasteiger partial charge in [-0.1, -0.05) is 0 Å². The predicted molar refractivity (Wildman–Crippen MR) is 110 cm³/mol. The first-order valence-electron chi connectivity index (χ1n) is 10.2. The summed E-state index contributed by atoms with van der Waals surface area (Å²) in [6.07, 6.45) is 2.94. The highest BCUT2D eigenvalue weighted by Crippen LogP contribution is 2.28. The number of carbonyl (C=O) groups is 1. The molecule has 2 aliphatic rings. The molecule has 154 valence electrons. The molecule has 1 atom stereocenters. The Morgan fingerprint density at radius 3 is 2.93 bits per heavy atom. The summed E-state index contributed by atoms with van der Waals surface area (Å²) in [5, 5.41) is 9.42. The summed E-state index contributed by atoms with van der Waals surface area (Å²) in [6, 6.07) is 5.83. The van der Waals surface area contributed by atoms with E-state index >= 15 is 0 Å². The molecule has 1 fully saturated rings. The van der Waals surface area contributed by atoms with Gasteiger partial charge in [-0.3, -0.25) is 9.69 Å². The van der Waals surface area contributed by atoms with Crippen molar-refractivity contribution in [3.05, 3.63) is 47.2 Å². The Labute approximate surface area is 170 Å². The minimum Gasteiger partial charge on any atom is -0.373 e. The molecule has 1 unspecified atom stereocenters. The van der Waals surface area contributed by atoms with Gasteiger partial charge in [0.15, 0.2) is 0 Å². The van der Waals surface area contributed by atoms with Crippen molar-refractivity contribution < 1.29 is 9.18 Å². The van der Waals surface area contributed by atoms with Gasteiger partial charge in [0.2, 0.25) is 5.91 Å². The Kier molecular flexibility index (Phi) is 6.01. The summed E-state index contributed by atoms with van der Waals surface area (Å²) in [7, 11) is 1.90. The van der Waals surface area contributed by atoms with E-state index in [1.54, 1.807) is 12.1 Å². The van der Waals surface area contributed by atoms with Crippen LogP contribution in [0.3, 0.4) is 0 Å². The van der Waals surface area contributed by atoms with E-state index in [9.17, 15) is 9.18 Å². The average molecular weight is 398 g/mol. The van der Waals surface area contributed by atoms with Gasteiger partial charge in [-0.15, -0.1) is 0 Å². The standard InChI is InChI=1S/C21H27FN6O/c1-23-21-17-11-24-9-8-18(17)26-20(27-21)14-3-2-10-28(12-14)13-19(29)25-16-6-4-15(22)5-7-16/h4-7,14,24H,2-3,8-13H2,1H3,(H,25,29)(H,23,26,27). The molecule has 1 amide bonds. The van der Waals surface area contributed by atoms with Crippen LogP contribution in [0, 0.1) is 5.82 Å². The number of likely N-dealkylation sites (tertiary alicyclic amines) is 1. The molecule has 1 aromatic carbocycles. The monoisotopic (exact) mass is 398 g/mol. The van der Waals surface area contributed by atoms with Crippen molar-refractivity contribution in [3.63, 3.8) is 0 Å². The highest BCUT2D eigenvalue weighted by atomic mass is 19.1. The number of amides is 1. The molecule has 1 saturated heterocycles. The molecule has 0 saturated carbocycles. The summed E-state index contributed by atoms with van der Waals surface area (Å²) in [4.78, 5) is 24.2. The van der Waals surface area contributed by atoms with Crippen LogP contribution in [0.5, 0.6) is 0 Å². The van der Waals surface area contributed by atoms with Gasteiger partial charge in [-0.05, 0) is 43.7 Å². The number of anilines is 2. The number of hydrogen-bond acceptors (Lipinski definition) is 6. The van der Waals surface area contributed by atoms with Gasteiger partial charge in [-0.25, -0.2) is 14.4 Å². The summed E-state index contributed by atoms with van der Waals surface area (Å²) >= 11 is 0. The zero-order chi connectivity index (χ0) is 20.2. The van der Waals surface area contributed by atoms with Crippen molar-refractivity contribution in [1.29, 1.82) is 0 Å². The van der Waals surface area contributed by atoms with E-state index in [0.29, 0.717) is 12.2 Å². The number of nitrogens with zero attached hydrogens (tertiary/aromatic N) is 3. The van der Waals surface area contributed by atoms with Gasteiger partial charge in [0.25, 0.3) is 0 Å². The maximum Gasteiger partial charge on any atom is 0.238 e. The SMILES string of the molecule is CNc1nc(C2CCCN(CC(=O)Nc3ccc(F)cc3)C2)nc2c1CNCC2. The van der Waals surface area contributed by atoms with Crippen LogP contribution in [0.25, 0.3) is 0 Å². The van der Waals surface area contributed by atoms with Crippen LogP contribution in [0.2, 0.25) is 0 Å². The molecule has 2 aromatic rings. The summed E-state index contributed by atoms with van der Waals surface area (Å²) in [6.45, 7) is 3.68. The van der Waals surface area contributed by atoms with Gasteiger partial charge < -0.3 is 16.0 Å². The Morgan fingerprint density at radius 1 is 1.31 bits per heavy atom. The molecule has 0 bridgehead atoms. The molecule has 2 aliphatic heterocycles. The van der Waals surface area contributed by atoms with E-state index in [2.05, 4.69) is 20.9 Å². The van der Waals surface area contributed by atoms with Gasteiger partial charge in [0.1, 0.15) is 17.5 Å². The lowest BCUT2D eigenvalue weighted by Gasteiger charge is -2.32. The molecule has 0 radical (unpaired) electrons. The highest BCUT2D eigenvalue weighted by Gasteiger charge is 2.27. The third kappa shape index (κ3) is 4.71. The summed E-state index contributed by atoms with van der Waals surface area (Å²) in [5.74, 6) is 1.59. The third-order valence-corrected chi connectivity index (χ3v) is 5.55. The fraction of sp³-hybridized carbons (Fsp3) is 0.476. The van der Waals surface area contributed by atoms with E-state index in [1.165, 1.54) is 12.1 Å². The maximum absolute atomic E-state index is 13.0. The number of aromatic nitrogens is 2. The van der Waals surface area contributed by atoms with Crippen LogP contribution < -0.4 is 16.0 Å². The number of fused-ring (bicyclic) bond motifs is 1. The van der Waals surface area contributed by atoms with Crippen molar-refractivity contribution in [2.45, 2.75) is 31.7 Å². The zero-order valence-corrected chi connectivity index (χ0v) is 16.7. The summed E-state index contributed by atoms with van der Waals surface area (Å²) in [5.41, 5.74) is 2.90. The number of nitrogens with one attached hydrogen (secondary N) is 3. The van der Waals surface area contributed by atoms with Crippen molar-refractivity contribution in [1.82, 2.24) is 20.2 Å². The number of benzene rings is 1. The lowest BCUT2D eigenvalue weighted by atomic mass is 9.96. The molecular formula is C21H27FN6O. The van der Waals surface area contributed by atoms with E-state index in [4.69, 9.17) is 9.97 Å². The Morgan fingerprint density at radius 2 is 2.14 bits per heavy atom. The van der Waals surface area contributed by atoms with Crippen molar-refractivity contribution in [2.24, 2.45) is 0 Å². The molecule has 3 heterocycles. The molecule has 0 aliphatic carbocycles. The van der Waals surface area contributed by atoms with Gasteiger partial charge in [-0.2, -0.15) is 0 Å². The molecule has 7 nitrogen and oxygen atoms in total. The second-order valence-electron chi connectivity index (χ2n) is 7.66. The molecule has 8 heteroatoms. The first kappa shape index (κ1) is 19.7. The Balaban J connectivity index is 1.41. The van der Waals surface area contributed by atoms with Crippen LogP contribution in [-0.4, -0.2) is 54.0 Å². The van der Waals surface area contributed by atoms with Crippen molar-refractivity contribution in [2.75, 3.05) is 43.9 Å². The van der Waals surface area contributed by atoms with E-state index < -0.39 is 0 Å². The van der Waals surface area contributed by atoms with E-state index in [-0.39, 0.29) is 17.6 Å². The first-order valence-corrected chi connectivity index (χ1v) is 10.2. The predicted octanol–water partition coefficient (Wildman–Crippen LogP) is 2.12. The highest BCUT2D eigenvalue weighted by molar-refractivity contribution is 5.92. The lowest BCUT2D eigenvalue weighted by Crippen LogP contribution is -2.40. The topological polar surface area (TPSA) is 82.2 Å². The van der Waals surface area contributed by atoms with E-state index in [0.717, 1.165) is 68.3 Å². The number of halogens is 1. The summed E-state index contributed by atoms with van der Waals surface area (Å²) < 4.78 is 13.0. The second kappa shape index (κ2) is 8.84. The quantitative estimate of drug-likeness (QED) is 0.716. The molecule has 29 heavy (non-hydrogen) atoms. The molecule has 0 spiro atoms. The van der Waals surface area contributed by atoms with Crippen molar-refractivity contribution >= 4 is 17.4 Å². The van der Waals surface area contributed by atoms with Crippen LogP contribution >= 0.6 is 0 Å². The Bertz CT molecular complexity index is 855. The minimum absolute atomic E-state index is 0.0920. The fourth-order valence-corrected chi connectivity index (χ4v) is 4.10. The van der Waals surface area contributed by atoms with Crippen molar-refractivity contribution in [3.8, 4) is 0 Å². The normalized spacial score (nSPS) is 19.4. The number of hydrogen-bond donors (Lipinski definition) is 3. The van der Waals surface area contributed by atoms with Gasteiger partial charge in [0.05, 0.1) is 12.2 Å². The maximum atomic E-state index is 13.0. The molecule has 1 aromatic heterocycles. The first-order chi connectivity index (χ1) is 14.1. The number of piperidine rings is 1. The van der Waals surface area contributed by atoms with Crippen LogP contribution in [-0.2, 0) is 17.8 Å². The fourth-order valence-electron chi connectivity index (χ4n) is 4.10. The molecule has 3 N–H and O–H groups in total. The molecule has 4 rings (SSSR count). The zero-order valence-electron chi connectivity index (χ0n) is 16.7. The Hall–Kier alpha value is -2.58. The number of rotatable bonds is 5. The van der Waals surface area contributed by atoms with Crippen LogP contribution in [0.1, 0.15) is 35.8 Å². The minimum atomic E-state index is -0.316. The smallest absolute Gasteiger partial charge is 0.238 e. The van der Waals surface area contributed by atoms with Gasteiger partial charge >= 0.3 is 0 Å². The lowest BCUT2D eigenvalue weighted by molar-refractivity contribution is -0.117. The second-order valence-corrected chi connectivity index (χ2v) is 7.66. The van der Waals surface area contributed by atoms with Crippen LogP contribution in [0.15, 0.2) is 24.3 Å². The molecular weight excluding hydrogens is 371 g/mol. The van der Waals surface area contributed by atoms with Gasteiger partial charge in [0, 0.05) is 50.3 Å². The third-order valence-electron chi connectivity index (χ3n) is 5.55. The largest absolute Gasteiger partial charge is 0.373 e.